The summed E-state index contributed by atoms with van der Waals surface area (Å²) in [4.78, 5) is 32.3. The molecule has 3 heterocycles. The normalized spacial score (nSPS) is 17.6. The van der Waals surface area contributed by atoms with Gasteiger partial charge in [0.05, 0.1) is 6.54 Å². The number of carbonyl (C=O) groups excluding carboxylic acids is 2. The van der Waals surface area contributed by atoms with Crippen molar-refractivity contribution in [2.75, 3.05) is 6.54 Å². The van der Waals surface area contributed by atoms with Gasteiger partial charge in [-0.3, -0.25) is 9.59 Å². The van der Waals surface area contributed by atoms with Crippen LogP contribution in [-0.4, -0.2) is 32.7 Å². The minimum absolute atomic E-state index is 0.0148. The number of amides is 1. The fourth-order valence-corrected chi connectivity index (χ4v) is 4.68. The van der Waals surface area contributed by atoms with Crippen molar-refractivity contribution in [1.29, 1.82) is 0 Å². The van der Waals surface area contributed by atoms with Crippen molar-refractivity contribution in [1.82, 2.24) is 14.5 Å². The molecule has 1 amide bonds. The van der Waals surface area contributed by atoms with E-state index in [1.165, 1.54) is 6.42 Å². The van der Waals surface area contributed by atoms with E-state index in [1.807, 2.05) is 46.9 Å². The second-order valence-corrected chi connectivity index (χ2v) is 8.51. The van der Waals surface area contributed by atoms with Crippen molar-refractivity contribution in [2.45, 2.75) is 64.5 Å². The molecular weight excluding hydrogens is 378 g/mol. The number of Topliss-reactive ketones (excluding diaryl/α,β-unsaturated/α-hetero) is 1. The van der Waals surface area contributed by atoms with Gasteiger partial charge < -0.3 is 13.9 Å². The lowest BCUT2D eigenvalue weighted by atomic mass is 9.85. The molecule has 1 aliphatic carbocycles. The van der Waals surface area contributed by atoms with Gasteiger partial charge in [-0.25, -0.2) is 4.98 Å². The summed E-state index contributed by atoms with van der Waals surface area (Å²) in [6.07, 6.45) is 6.76. The smallest absolute Gasteiger partial charge is 0.245 e. The van der Waals surface area contributed by atoms with Gasteiger partial charge in [-0.2, -0.15) is 0 Å². The van der Waals surface area contributed by atoms with E-state index in [0.29, 0.717) is 37.4 Å². The molecule has 0 saturated heterocycles. The number of rotatable bonds is 5. The zero-order chi connectivity index (χ0) is 20.8. The van der Waals surface area contributed by atoms with Crippen LogP contribution in [0.5, 0.6) is 0 Å². The molecule has 0 bridgehead atoms. The predicted octanol–water partition coefficient (Wildman–Crippen LogP) is 4.64. The highest BCUT2D eigenvalue weighted by Crippen LogP contribution is 2.37. The van der Waals surface area contributed by atoms with Crippen molar-refractivity contribution in [3.05, 3.63) is 53.4 Å². The minimum Gasteiger partial charge on any atom is -0.445 e. The van der Waals surface area contributed by atoms with Gasteiger partial charge in [0.15, 0.2) is 11.7 Å². The minimum atomic E-state index is -0.345. The molecule has 2 aliphatic rings. The van der Waals surface area contributed by atoms with Crippen LogP contribution in [0.2, 0.25) is 0 Å². The van der Waals surface area contributed by atoms with Gasteiger partial charge >= 0.3 is 0 Å². The Balaban J connectivity index is 1.43. The molecule has 1 atom stereocenters. The molecule has 1 aromatic carbocycles. The number of aromatic nitrogens is 2. The zero-order valence-corrected chi connectivity index (χ0v) is 17.6. The van der Waals surface area contributed by atoms with Crippen molar-refractivity contribution >= 4 is 22.6 Å². The molecule has 1 fully saturated rings. The molecule has 5 rings (SSSR count). The number of carbonyl (C=O) groups is 2. The number of fused-ring (bicyclic) bond motifs is 2. The molecule has 2 aromatic heterocycles. The third kappa shape index (κ3) is 3.06. The molecule has 6 nitrogen and oxygen atoms in total. The van der Waals surface area contributed by atoms with E-state index in [-0.39, 0.29) is 17.7 Å². The summed E-state index contributed by atoms with van der Waals surface area (Å²) in [7, 11) is 0. The van der Waals surface area contributed by atoms with Crippen LogP contribution < -0.4 is 0 Å². The van der Waals surface area contributed by atoms with Crippen LogP contribution in [0.3, 0.4) is 0 Å². The number of ketones is 1. The predicted molar refractivity (Wildman–Crippen MR) is 113 cm³/mol. The van der Waals surface area contributed by atoms with E-state index in [4.69, 9.17) is 9.40 Å². The SMILES string of the molecule is CCC(C(=O)N1CCc2oc(C3CCC3)nc2C1)n1cc(C(C)=O)c2ccccc21. The summed E-state index contributed by atoms with van der Waals surface area (Å²) in [6.45, 7) is 4.73. The number of nitrogens with zero attached hydrogens (tertiary/aromatic N) is 3. The van der Waals surface area contributed by atoms with Gasteiger partial charge in [0.2, 0.25) is 5.91 Å². The number of hydrogen-bond acceptors (Lipinski definition) is 4. The largest absolute Gasteiger partial charge is 0.445 e. The number of benzene rings is 1. The molecular formula is C24H27N3O3. The highest BCUT2D eigenvalue weighted by Gasteiger charge is 2.33. The highest BCUT2D eigenvalue weighted by molar-refractivity contribution is 6.07. The van der Waals surface area contributed by atoms with Crippen molar-refractivity contribution in [3.63, 3.8) is 0 Å². The first kappa shape index (κ1) is 19.1. The maximum Gasteiger partial charge on any atom is 0.245 e. The van der Waals surface area contributed by atoms with E-state index in [0.717, 1.165) is 41.1 Å². The Labute approximate surface area is 175 Å². The summed E-state index contributed by atoms with van der Waals surface area (Å²) in [5.41, 5.74) is 2.50. The van der Waals surface area contributed by atoms with Crippen LogP contribution in [0.15, 0.2) is 34.9 Å². The first-order valence-electron chi connectivity index (χ1n) is 10.9. The molecule has 0 spiro atoms. The summed E-state index contributed by atoms with van der Waals surface area (Å²) in [5.74, 6) is 2.35. The Bertz CT molecular complexity index is 1120. The van der Waals surface area contributed by atoms with Gasteiger partial charge in [0.25, 0.3) is 0 Å². The Kier molecular flexibility index (Phi) is 4.72. The van der Waals surface area contributed by atoms with Gasteiger partial charge in [-0.05, 0) is 32.3 Å². The fourth-order valence-electron chi connectivity index (χ4n) is 4.68. The quantitative estimate of drug-likeness (QED) is 0.580. The molecule has 1 aliphatic heterocycles. The van der Waals surface area contributed by atoms with Crippen LogP contribution in [0.25, 0.3) is 10.9 Å². The maximum atomic E-state index is 13.5. The fraction of sp³-hybridized carbons (Fsp3) is 0.458. The highest BCUT2D eigenvalue weighted by atomic mass is 16.4. The lowest BCUT2D eigenvalue weighted by Gasteiger charge is -2.30. The standard InChI is InChI=1S/C24H27N3O3/c1-3-20(27-13-18(15(2)28)17-9-4-5-10-21(17)27)24(29)26-12-11-22-19(14-26)25-23(30-22)16-7-6-8-16/h4-5,9-10,13,16,20H,3,6-8,11-12,14H2,1-2H3. The molecule has 0 N–H and O–H groups in total. The van der Waals surface area contributed by atoms with Crippen LogP contribution in [-0.2, 0) is 17.8 Å². The first-order chi connectivity index (χ1) is 14.6. The second-order valence-electron chi connectivity index (χ2n) is 8.51. The second kappa shape index (κ2) is 7.42. The molecule has 3 aromatic rings. The van der Waals surface area contributed by atoms with Crippen molar-refractivity contribution in [3.8, 4) is 0 Å². The summed E-state index contributed by atoms with van der Waals surface area (Å²) in [5, 5.41) is 0.902. The van der Waals surface area contributed by atoms with E-state index < -0.39 is 0 Å². The monoisotopic (exact) mass is 405 g/mol. The van der Waals surface area contributed by atoms with Gasteiger partial charge in [-0.1, -0.05) is 31.5 Å². The first-order valence-corrected chi connectivity index (χ1v) is 10.9. The van der Waals surface area contributed by atoms with E-state index in [9.17, 15) is 9.59 Å². The van der Waals surface area contributed by atoms with Crippen LogP contribution in [0.1, 0.15) is 79.2 Å². The average Bonchev–Trinajstić information content (AvgIpc) is 3.28. The topological polar surface area (TPSA) is 68.3 Å². The van der Waals surface area contributed by atoms with E-state index >= 15 is 0 Å². The van der Waals surface area contributed by atoms with Gasteiger partial charge in [-0.15, -0.1) is 0 Å². The number of hydrogen-bond donors (Lipinski definition) is 0. The Morgan fingerprint density at radius 2 is 2.07 bits per heavy atom. The average molecular weight is 405 g/mol. The van der Waals surface area contributed by atoms with Gasteiger partial charge in [0, 0.05) is 41.5 Å². The molecule has 6 heteroatoms. The van der Waals surface area contributed by atoms with E-state index in [2.05, 4.69) is 0 Å². The molecule has 156 valence electrons. The Morgan fingerprint density at radius 1 is 1.27 bits per heavy atom. The lowest BCUT2D eigenvalue weighted by molar-refractivity contribution is -0.135. The van der Waals surface area contributed by atoms with Crippen LogP contribution in [0, 0.1) is 0 Å². The zero-order valence-electron chi connectivity index (χ0n) is 17.6. The van der Waals surface area contributed by atoms with Gasteiger partial charge in [0.1, 0.15) is 17.5 Å². The Morgan fingerprint density at radius 3 is 2.77 bits per heavy atom. The molecule has 1 saturated carbocycles. The molecule has 0 radical (unpaired) electrons. The Hall–Kier alpha value is -2.89. The van der Waals surface area contributed by atoms with Crippen LogP contribution in [0.4, 0.5) is 0 Å². The summed E-state index contributed by atoms with van der Waals surface area (Å²) < 4.78 is 7.98. The summed E-state index contributed by atoms with van der Waals surface area (Å²) in [6, 6.07) is 7.46. The molecule has 30 heavy (non-hydrogen) atoms. The van der Waals surface area contributed by atoms with Crippen LogP contribution >= 0.6 is 0 Å². The van der Waals surface area contributed by atoms with E-state index in [1.54, 1.807) is 6.92 Å². The van der Waals surface area contributed by atoms with Crippen molar-refractivity contribution in [2.24, 2.45) is 0 Å². The third-order valence-corrected chi connectivity index (χ3v) is 6.64. The third-order valence-electron chi connectivity index (χ3n) is 6.64. The van der Waals surface area contributed by atoms with Crippen molar-refractivity contribution < 1.29 is 14.0 Å². The maximum absolute atomic E-state index is 13.5. The summed E-state index contributed by atoms with van der Waals surface area (Å²) >= 11 is 0. The number of oxazole rings is 1. The lowest BCUT2D eigenvalue weighted by Crippen LogP contribution is -2.40. The number of para-hydroxylation sites is 1. The molecule has 1 unspecified atom stereocenters.